The monoisotopic (exact) mass is 857 g/mol. The third-order valence-corrected chi connectivity index (χ3v) is 11.6. The summed E-state index contributed by atoms with van der Waals surface area (Å²) in [5, 5.41) is 25.3. The Balaban J connectivity index is 2.26. The minimum Gasteiger partial charge on any atom is -0.458 e. The molecule has 7 amide bonds. The van der Waals surface area contributed by atoms with Crippen molar-refractivity contribution < 1.29 is 48.2 Å². The number of hydrogen-bond donors (Lipinski definition) is 7. The number of aliphatic hydroxyl groups is 1. The number of rotatable bonds is 13. The molecule has 7 N–H and O–H groups in total. The smallest absolute Gasteiger partial charge is 0.329 e. The molecule has 1 aromatic rings. The fraction of sp³-hybridized carbons (Fsp3) is 0.674. The summed E-state index contributed by atoms with van der Waals surface area (Å²) >= 11 is 0. The van der Waals surface area contributed by atoms with Gasteiger partial charge in [0.15, 0.2) is 0 Å². The van der Waals surface area contributed by atoms with Gasteiger partial charge in [0.2, 0.25) is 35.9 Å². The van der Waals surface area contributed by atoms with Crippen molar-refractivity contribution in [2.75, 3.05) is 13.6 Å². The Bertz CT molecular complexity index is 1700. The predicted octanol–water partition coefficient (Wildman–Crippen LogP) is 0.316. The lowest BCUT2D eigenvalue weighted by atomic mass is 9.95. The van der Waals surface area contributed by atoms with E-state index in [9.17, 15) is 43.5 Å². The van der Waals surface area contributed by atoms with Crippen LogP contribution in [-0.2, 0) is 49.5 Å². The van der Waals surface area contributed by atoms with Gasteiger partial charge in [-0.3, -0.25) is 38.6 Å². The molecule has 0 aromatic heterocycles. The van der Waals surface area contributed by atoms with Gasteiger partial charge in [-0.1, -0.05) is 98.6 Å². The van der Waals surface area contributed by atoms with E-state index in [4.69, 9.17) is 4.74 Å². The minimum absolute atomic E-state index is 0.0599. The summed E-state index contributed by atoms with van der Waals surface area (Å²) in [6, 6.07) is -0.216. The summed E-state index contributed by atoms with van der Waals surface area (Å²) in [7, 11) is 1.40. The van der Waals surface area contributed by atoms with Crippen molar-refractivity contribution in [2.24, 2.45) is 23.7 Å². The van der Waals surface area contributed by atoms with Gasteiger partial charge in [-0.05, 0) is 42.6 Å². The molecule has 2 aliphatic rings. The van der Waals surface area contributed by atoms with Crippen LogP contribution in [0.25, 0.3) is 0 Å². The molecule has 2 heterocycles. The second-order valence-electron chi connectivity index (χ2n) is 17.2. The molecule has 0 aliphatic carbocycles. The molecule has 2 saturated heterocycles. The van der Waals surface area contributed by atoms with Gasteiger partial charge in [-0.15, -0.1) is 0 Å². The highest BCUT2D eigenvalue weighted by molar-refractivity contribution is 5.98. The van der Waals surface area contributed by atoms with Crippen molar-refractivity contribution in [1.29, 1.82) is 0 Å². The molecule has 0 bridgehead atoms. The van der Waals surface area contributed by atoms with Crippen LogP contribution in [0, 0.1) is 23.7 Å². The van der Waals surface area contributed by atoms with Gasteiger partial charge < -0.3 is 41.3 Å². The molecule has 0 spiro atoms. The summed E-state index contributed by atoms with van der Waals surface area (Å²) in [4.78, 5) is 113. The molecule has 2 aliphatic heterocycles. The van der Waals surface area contributed by atoms with E-state index in [0.29, 0.717) is 24.8 Å². The van der Waals surface area contributed by atoms with E-state index in [2.05, 4.69) is 32.0 Å². The minimum atomic E-state index is -1.62. The van der Waals surface area contributed by atoms with Gasteiger partial charge in [0.1, 0.15) is 48.4 Å². The third-order valence-electron chi connectivity index (χ3n) is 11.6. The number of nitrogens with zero attached hydrogens (tertiary/aromatic N) is 2. The molecular weight excluding hydrogens is 789 g/mol. The lowest BCUT2D eigenvalue weighted by Gasteiger charge is -2.41. The van der Waals surface area contributed by atoms with Crippen LogP contribution in [0.1, 0.15) is 93.6 Å². The fourth-order valence-electron chi connectivity index (χ4n) is 7.61. The normalized spacial score (nSPS) is 27.9. The lowest BCUT2D eigenvalue weighted by molar-refractivity contribution is -0.163. The topological polar surface area (TPSA) is 245 Å². The zero-order valence-corrected chi connectivity index (χ0v) is 37.2. The van der Waals surface area contributed by atoms with Crippen molar-refractivity contribution in [3.8, 4) is 0 Å². The van der Waals surface area contributed by atoms with Crippen LogP contribution in [0.4, 0.5) is 0 Å². The quantitative estimate of drug-likeness (QED) is 0.105. The summed E-state index contributed by atoms with van der Waals surface area (Å²) in [6.07, 6.45) is -1.24. The van der Waals surface area contributed by atoms with E-state index in [0.717, 1.165) is 5.01 Å². The Hall–Kier alpha value is -5.10. The van der Waals surface area contributed by atoms with Crippen LogP contribution in [0.5, 0.6) is 0 Å². The van der Waals surface area contributed by atoms with Gasteiger partial charge in [0, 0.05) is 26.4 Å². The third kappa shape index (κ3) is 13.4. The summed E-state index contributed by atoms with van der Waals surface area (Å²) in [5.74, 6) is -6.90. The molecule has 0 saturated carbocycles. The van der Waals surface area contributed by atoms with E-state index in [1.165, 1.54) is 18.9 Å². The molecule has 61 heavy (non-hydrogen) atoms. The van der Waals surface area contributed by atoms with Gasteiger partial charge in [-0.2, -0.15) is 0 Å². The number of carbonyl (C=O) groups excluding carboxylic acids is 8. The van der Waals surface area contributed by atoms with Crippen molar-refractivity contribution in [2.45, 2.75) is 149 Å². The van der Waals surface area contributed by atoms with E-state index >= 15 is 0 Å². The maximum Gasteiger partial charge on any atom is 0.329 e. The first kappa shape index (κ1) is 50.3. The summed E-state index contributed by atoms with van der Waals surface area (Å²) < 4.78 is 5.92. The fourth-order valence-corrected chi connectivity index (χ4v) is 7.61. The SMILES string of the molecule is CCC(C)C(NC=O)C(=O)NC1C(=O)NC(Cc2ccccc2)C(=O)NC(C(C)CC)C(=O)N2NCC(O)CC2C(=O)NC(CC(C)C)C(=O)N(C)C(C(C)C)C(=O)OC1C. The molecule has 11 atom stereocenters. The van der Waals surface area contributed by atoms with Crippen molar-refractivity contribution in [3.05, 3.63) is 35.9 Å². The number of likely N-dealkylation sites (N-methyl/N-ethyl adjacent to an activating group) is 1. The van der Waals surface area contributed by atoms with Crippen LogP contribution in [-0.4, -0.2) is 131 Å². The van der Waals surface area contributed by atoms with Gasteiger partial charge in [0.05, 0.1) is 6.10 Å². The highest BCUT2D eigenvalue weighted by Gasteiger charge is 2.44. The molecule has 0 radical (unpaired) electrons. The van der Waals surface area contributed by atoms with Crippen LogP contribution < -0.4 is 32.0 Å². The molecule has 2 fully saturated rings. The number of aliphatic hydroxyl groups excluding tert-OH is 1. The Labute approximate surface area is 359 Å². The number of amides is 7. The number of esters is 1. The van der Waals surface area contributed by atoms with E-state index in [1.807, 2.05) is 27.7 Å². The summed E-state index contributed by atoms with van der Waals surface area (Å²) in [5.41, 5.74) is 3.50. The average molecular weight is 857 g/mol. The van der Waals surface area contributed by atoms with Gasteiger partial charge in [0.25, 0.3) is 5.91 Å². The van der Waals surface area contributed by atoms with Crippen LogP contribution >= 0.6 is 0 Å². The number of benzene rings is 1. The number of hydrazine groups is 1. The van der Waals surface area contributed by atoms with Crippen molar-refractivity contribution >= 4 is 47.8 Å². The second kappa shape index (κ2) is 23.2. The molecule has 340 valence electrons. The Morgan fingerprint density at radius 3 is 2.11 bits per heavy atom. The highest BCUT2D eigenvalue weighted by Crippen LogP contribution is 2.21. The molecule has 18 heteroatoms. The first-order chi connectivity index (χ1) is 28.7. The van der Waals surface area contributed by atoms with Crippen LogP contribution in [0.2, 0.25) is 0 Å². The van der Waals surface area contributed by atoms with Crippen molar-refractivity contribution in [1.82, 2.24) is 41.9 Å². The lowest BCUT2D eigenvalue weighted by Crippen LogP contribution is -2.67. The number of carbonyl (C=O) groups is 8. The van der Waals surface area contributed by atoms with Crippen molar-refractivity contribution in [3.63, 3.8) is 0 Å². The standard InChI is InChI=1S/C43H68N8O10/c1-11-25(7)33(44-22-52)39(56)49-35-27(9)61-43(60)36(24(5)6)50(10)41(58)31(18-23(3)4)47-38(55)32-20-29(53)21-45-51(32)42(59)34(26(8)12-2)48-37(54)30(46-40(35)57)19-28-16-14-13-15-17-28/h13-17,22-27,29-36,45,53H,11-12,18-21H2,1-10H3,(H,44,52)(H,46,57)(H,47,55)(H,48,54)(H,49,56). The summed E-state index contributed by atoms with van der Waals surface area (Å²) in [6.45, 7) is 15.5. The zero-order valence-electron chi connectivity index (χ0n) is 37.2. The number of fused-ring (bicyclic) bond motifs is 1. The first-order valence-electron chi connectivity index (χ1n) is 21.4. The number of β-amino-alcohol motifs (C(OH)–C–C–N with tert-alkyl or cyclic N) is 1. The second-order valence-corrected chi connectivity index (χ2v) is 17.2. The average Bonchev–Trinajstić information content (AvgIpc) is 3.21. The zero-order chi connectivity index (χ0) is 45.7. The number of nitrogens with one attached hydrogen (secondary N) is 6. The van der Waals surface area contributed by atoms with E-state index < -0.39 is 108 Å². The van der Waals surface area contributed by atoms with Gasteiger partial charge in [-0.25, -0.2) is 10.2 Å². The Kier molecular flexibility index (Phi) is 19.1. The maximum absolute atomic E-state index is 14.6. The van der Waals surface area contributed by atoms with Crippen LogP contribution in [0.3, 0.4) is 0 Å². The maximum atomic E-state index is 14.6. The molecule has 18 nitrogen and oxygen atoms in total. The largest absolute Gasteiger partial charge is 0.458 e. The molecule has 3 rings (SSSR count). The molecule has 1 aromatic carbocycles. The van der Waals surface area contributed by atoms with Gasteiger partial charge >= 0.3 is 5.97 Å². The van der Waals surface area contributed by atoms with E-state index in [1.54, 1.807) is 58.0 Å². The first-order valence-corrected chi connectivity index (χ1v) is 21.4. The van der Waals surface area contributed by atoms with E-state index in [-0.39, 0.29) is 37.6 Å². The Morgan fingerprint density at radius 1 is 0.902 bits per heavy atom. The number of hydrogen-bond acceptors (Lipinski definition) is 11. The molecular formula is C43H68N8O10. The predicted molar refractivity (Wildman–Crippen MR) is 225 cm³/mol. The Morgan fingerprint density at radius 2 is 1.54 bits per heavy atom. The number of ether oxygens (including phenoxy) is 1. The highest BCUT2D eigenvalue weighted by atomic mass is 16.5. The molecule has 11 unspecified atom stereocenters. The number of cyclic esters (lactones) is 1. The van der Waals surface area contributed by atoms with Crippen LogP contribution in [0.15, 0.2) is 30.3 Å².